The van der Waals surface area contributed by atoms with Crippen molar-refractivity contribution in [1.29, 1.82) is 0 Å². The van der Waals surface area contributed by atoms with Crippen LogP contribution in [0.15, 0.2) is 0 Å². The summed E-state index contributed by atoms with van der Waals surface area (Å²) < 4.78 is 36.2. The average Bonchev–Trinajstić information content (AvgIpc) is 2.61. The molecule has 0 aromatic carbocycles. The summed E-state index contributed by atoms with van der Waals surface area (Å²) in [6, 6.07) is -2.84. The number of carbonyl (C=O) groups is 2. The zero-order chi connectivity index (χ0) is 13.9. The first-order valence-electron chi connectivity index (χ1n) is 5.15. The molecule has 2 N–H and O–H groups in total. The Hall–Kier alpha value is -1.12. The van der Waals surface area contributed by atoms with Crippen LogP contribution >= 0.6 is 11.8 Å². The summed E-state index contributed by atoms with van der Waals surface area (Å²) in [7, 11) is 0. The number of carboxylic acid groups (broad SMARTS) is 1. The van der Waals surface area contributed by atoms with Gasteiger partial charge in [-0.1, -0.05) is 0 Å². The summed E-state index contributed by atoms with van der Waals surface area (Å²) in [5.74, 6) is -0.739. The van der Waals surface area contributed by atoms with Crippen LogP contribution in [0.2, 0.25) is 0 Å². The Morgan fingerprint density at radius 3 is 2.67 bits per heavy atom. The lowest BCUT2D eigenvalue weighted by Crippen LogP contribution is -2.49. The van der Waals surface area contributed by atoms with E-state index in [-0.39, 0.29) is 11.6 Å². The number of hydrogen-bond acceptors (Lipinski definition) is 3. The molecule has 1 saturated heterocycles. The van der Waals surface area contributed by atoms with E-state index in [0.717, 1.165) is 4.90 Å². The van der Waals surface area contributed by atoms with E-state index < -0.39 is 36.7 Å². The third-order valence-corrected chi connectivity index (χ3v) is 3.35. The molecule has 0 bridgehead atoms. The topological polar surface area (TPSA) is 69.6 Å². The number of nitrogens with one attached hydrogen (secondary N) is 1. The Morgan fingerprint density at radius 2 is 2.17 bits per heavy atom. The number of rotatable bonds is 3. The van der Waals surface area contributed by atoms with Gasteiger partial charge in [0.2, 0.25) is 0 Å². The second-order valence-electron chi connectivity index (χ2n) is 3.99. The minimum absolute atomic E-state index is 0.168. The average molecular weight is 286 g/mol. The fraction of sp³-hybridized carbons (Fsp3) is 0.778. The smallest absolute Gasteiger partial charge is 0.391 e. The van der Waals surface area contributed by atoms with E-state index in [0.29, 0.717) is 0 Å². The predicted molar refractivity (Wildman–Crippen MR) is 59.3 cm³/mol. The number of halogens is 3. The molecule has 104 valence electrons. The van der Waals surface area contributed by atoms with Crippen molar-refractivity contribution in [2.75, 3.05) is 11.6 Å². The van der Waals surface area contributed by atoms with Crippen LogP contribution in [0.5, 0.6) is 0 Å². The summed E-state index contributed by atoms with van der Waals surface area (Å²) >= 11 is 1.25. The number of alkyl halides is 3. The number of aliphatic carboxylic acids is 1. The van der Waals surface area contributed by atoms with E-state index in [9.17, 15) is 22.8 Å². The highest BCUT2D eigenvalue weighted by atomic mass is 32.2. The van der Waals surface area contributed by atoms with E-state index in [1.54, 1.807) is 0 Å². The maximum Gasteiger partial charge on any atom is 0.391 e. The van der Waals surface area contributed by atoms with E-state index in [2.05, 4.69) is 5.32 Å². The summed E-state index contributed by atoms with van der Waals surface area (Å²) in [6.45, 7) is 1.23. The Kier molecular flexibility index (Phi) is 4.71. The number of thioether (sulfide) groups is 1. The molecule has 1 rings (SSSR count). The fourth-order valence-electron chi connectivity index (χ4n) is 1.54. The minimum Gasteiger partial charge on any atom is -0.480 e. The summed E-state index contributed by atoms with van der Waals surface area (Å²) in [4.78, 5) is 23.5. The first kappa shape index (κ1) is 14.9. The fourth-order valence-corrected chi connectivity index (χ4v) is 2.68. The third kappa shape index (κ3) is 4.28. The standard InChI is InChI=1S/C9H13F3N2O3S/c1-5(2-9(10,11)12)13-8(17)14-4-18-3-6(14)7(15)16/h5-6H,2-4H2,1H3,(H,13,17)(H,15,16)/t5?,6-/m0/s1. The number of urea groups is 1. The van der Waals surface area contributed by atoms with E-state index in [1.165, 1.54) is 18.7 Å². The highest BCUT2D eigenvalue weighted by molar-refractivity contribution is 7.99. The zero-order valence-electron chi connectivity index (χ0n) is 9.53. The van der Waals surface area contributed by atoms with E-state index in [1.807, 2.05) is 0 Å². The SMILES string of the molecule is CC(CC(F)(F)F)NC(=O)N1CSC[C@H]1C(=O)O. The number of amides is 2. The Morgan fingerprint density at radius 1 is 1.56 bits per heavy atom. The third-order valence-electron chi connectivity index (χ3n) is 2.34. The highest BCUT2D eigenvalue weighted by Gasteiger charge is 2.36. The van der Waals surface area contributed by atoms with Crippen molar-refractivity contribution in [3.05, 3.63) is 0 Å². The van der Waals surface area contributed by atoms with E-state index >= 15 is 0 Å². The molecule has 0 aromatic heterocycles. The first-order valence-corrected chi connectivity index (χ1v) is 6.30. The van der Waals surface area contributed by atoms with Crippen LogP contribution in [0.25, 0.3) is 0 Å². The van der Waals surface area contributed by atoms with Crippen molar-refractivity contribution in [1.82, 2.24) is 10.2 Å². The molecular formula is C9H13F3N2O3S. The summed E-state index contributed by atoms with van der Waals surface area (Å²) in [5.41, 5.74) is 0. The zero-order valence-corrected chi connectivity index (χ0v) is 10.3. The summed E-state index contributed by atoms with van der Waals surface area (Å²) in [6.07, 6.45) is -5.50. The summed E-state index contributed by atoms with van der Waals surface area (Å²) in [5, 5.41) is 11.0. The molecule has 18 heavy (non-hydrogen) atoms. The monoisotopic (exact) mass is 286 g/mol. The van der Waals surface area contributed by atoms with Gasteiger partial charge in [0.1, 0.15) is 6.04 Å². The Bertz CT molecular complexity index is 338. The second-order valence-corrected chi connectivity index (χ2v) is 4.99. The van der Waals surface area contributed by atoms with Crippen LogP contribution in [0.4, 0.5) is 18.0 Å². The van der Waals surface area contributed by atoms with Crippen LogP contribution in [-0.2, 0) is 4.79 Å². The van der Waals surface area contributed by atoms with Crippen molar-refractivity contribution < 1.29 is 27.9 Å². The molecule has 5 nitrogen and oxygen atoms in total. The van der Waals surface area contributed by atoms with Crippen LogP contribution in [0.3, 0.4) is 0 Å². The number of carbonyl (C=O) groups excluding carboxylic acids is 1. The second kappa shape index (κ2) is 5.68. The molecule has 1 heterocycles. The van der Waals surface area contributed by atoms with Gasteiger partial charge in [-0.3, -0.25) is 0 Å². The maximum absolute atomic E-state index is 12.1. The van der Waals surface area contributed by atoms with Gasteiger partial charge in [-0.15, -0.1) is 11.8 Å². The highest BCUT2D eigenvalue weighted by Crippen LogP contribution is 2.23. The van der Waals surface area contributed by atoms with Crippen molar-refractivity contribution in [2.45, 2.75) is 31.6 Å². The lowest BCUT2D eigenvalue weighted by atomic mass is 10.2. The Balaban J connectivity index is 2.52. The molecule has 2 amide bonds. The predicted octanol–water partition coefficient (Wildman–Crippen LogP) is 1.50. The molecule has 1 fully saturated rings. The minimum atomic E-state index is -4.36. The van der Waals surface area contributed by atoms with Crippen LogP contribution in [0, 0.1) is 0 Å². The van der Waals surface area contributed by atoms with Crippen molar-refractivity contribution in [3.8, 4) is 0 Å². The van der Waals surface area contributed by atoms with Crippen LogP contribution in [-0.4, -0.2) is 51.9 Å². The van der Waals surface area contributed by atoms with Gasteiger partial charge in [0.05, 0.1) is 12.3 Å². The molecule has 0 spiro atoms. The van der Waals surface area contributed by atoms with Crippen LogP contribution < -0.4 is 5.32 Å². The molecular weight excluding hydrogens is 273 g/mol. The lowest BCUT2D eigenvalue weighted by molar-refractivity contribution is -0.142. The largest absolute Gasteiger partial charge is 0.480 e. The molecule has 0 saturated carbocycles. The van der Waals surface area contributed by atoms with Gasteiger partial charge in [0.15, 0.2) is 0 Å². The van der Waals surface area contributed by atoms with Gasteiger partial charge in [0, 0.05) is 11.8 Å². The number of nitrogens with zero attached hydrogens (tertiary/aromatic N) is 1. The number of carboxylic acids is 1. The van der Waals surface area contributed by atoms with Gasteiger partial charge < -0.3 is 15.3 Å². The molecule has 0 aromatic rings. The molecule has 0 radical (unpaired) electrons. The number of hydrogen-bond donors (Lipinski definition) is 2. The normalized spacial score (nSPS) is 21.8. The quantitative estimate of drug-likeness (QED) is 0.825. The molecule has 9 heteroatoms. The maximum atomic E-state index is 12.1. The first-order chi connectivity index (χ1) is 8.20. The molecule has 0 aliphatic carbocycles. The van der Waals surface area contributed by atoms with Gasteiger partial charge in [-0.2, -0.15) is 13.2 Å². The van der Waals surface area contributed by atoms with Crippen molar-refractivity contribution in [3.63, 3.8) is 0 Å². The molecule has 1 unspecified atom stereocenters. The van der Waals surface area contributed by atoms with Gasteiger partial charge >= 0.3 is 18.2 Å². The molecule has 2 atom stereocenters. The van der Waals surface area contributed by atoms with Crippen LogP contribution in [0.1, 0.15) is 13.3 Å². The van der Waals surface area contributed by atoms with E-state index in [4.69, 9.17) is 5.11 Å². The Labute approximate surface area is 106 Å². The van der Waals surface area contributed by atoms with Crippen molar-refractivity contribution in [2.24, 2.45) is 0 Å². The lowest BCUT2D eigenvalue weighted by Gasteiger charge is -2.24. The van der Waals surface area contributed by atoms with Gasteiger partial charge in [-0.25, -0.2) is 9.59 Å². The van der Waals surface area contributed by atoms with Gasteiger partial charge in [-0.05, 0) is 6.92 Å². The molecule has 1 aliphatic heterocycles. The molecule has 1 aliphatic rings. The van der Waals surface area contributed by atoms with Crippen molar-refractivity contribution >= 4 is 23.8 Å². The van der Waals surface area contributed by atoms with Gasteiger partial charge in [0.25, 0.3) is 0 Å².